The van der Waals surface area contributed by atoms with Gasteiger partial charge in [0, 0.05) is 20.1 Å². The summed E-state index contributed by atoms with van der Waals surface area (Å²) in [6, 6.07) is 0. The third kappa shape index (κ3) is 5.61. The zero-order valence-electron chi connectivity index (χ0n) is 11.1. The van der Waals surface area contributed by atoms with E-state index in [-0.39, 0.29) is 11.7 Å². The topological polar surface area (TPSA) is 35.5 Å². The van der Waals surface area contributed by atoms with Gasteiger partial charge in [0.05, 0.1) is 0 Å². The zero-order chi connectivity index (χ0) is 12.4. The normalized spacial score (nSPS) is 11.4. The third-order valence-corrected chi connectivity index (χ3v) is 2.88. The van der Waals surface area contributed by atoms with Gasteiger partial charge in [0.25, 0.3) is 0 Å². The van der Waals surface area contributed by atoms with Crippen molar-refractivity contribution < 1.29 is 14.3 Å². The Balaban J connectivity index is 4.28. The highest BCUT2D eigenvalue weighted by Gasteiger charge is 2.25. The van der Waals surface area contributed by atoms with Crippen molar-refractivity contribution in [3.63, 3.8) is 0 Å². The lowest BCUT2D eigenvalue weighted by molar-refractivity contribution is -0.161. The molecule has 0 aromatic rings. The van der Waals surface area contributed by atoms with Gasteiger partial charge in [0.2, 0.25) is 6.29 Å². The molecule has 0 aliphatic heterocycles. The lowest BCUT2D eigenvalue weighted by Crippen LogP contribution is -2.31. The third-order valence-electron chi connectivity index (χ3n) is 2.88. The lowest BCUT2D eigenvalue weighted by Gasteiger charge is -2.20. The van der Waals surface area contributed by atoms with E-state index >= 15 is 0 Å². The van der Waals surface area contributed by atoms with E-state index in [1.807, 2.05) is 0 Å². The quantitative estimate of drug-likeness (QED) is 0.541. The van der Waals surface area contributed by atoms with E-state index < -0.39 is 6.29 Å². The molecule has 0 radical (unpaired) electrons. The number of rotatable bonds is 10. The number of hydrogen-bond acceptors (Lipinski definition) is 3. The van der Waals surface area contributed by atoms with Crippen LogP contribution in [0.1, 0.15) is 52.4 Å². The van der Waals surface area contributed by atoms with Crippen molar-refractivity contribution in [3.8, 4) is 0 Å². The van der Waals surface area contributed by atoms with Gasteiger partial charge in [-0.05, 0) is 12.8 Å². The Hall–Kier alpha value is -0.410. The molecule has 0 rings (SSSR count). The predicted octanol–water partition coefficient (Wildman–Crippen LogP) is 3.17. The SMILES string of the molecule is CCCCC(CCCC)C(=O)C(OC)OC. The molecule has 0 amide bonds. The number of carbonyl (C=O) groups excluding carboxylic acids is 1. The van der Waals surface area contributed by atoms with Crippen molar-refractivity contribution in [2.24, 2.45) is 5.92 Å². The van der Waals surface area contributed by atoms with Crippen LogP contribution in [0.5, 0.6) is 0 Å². The van der Waals surface area contributed by atoms with Crippen molar-refractivity contribution in [3.05, 3.63) is 0 Å². The molecule has 0 aliphatic rings. The molecule has 0 spiro atoms. The summed E-state index contributed by atoms with van der Waals surface area (Å²) in [7, 11) is 3.03. The van der Waals surface area contributed by atoms with Crippen molar-refractivity contribution in [2.45, 2.75) is 58.7 Å². The Morgan fingerprint density at radius 3 is 1.75 bits per heavy atom. The fourth-order valence-corrected chi connectivity index (χ4v) is 1.85. The van der Waals surface area contributed by atoms with E-state index in [4.69, 9.17) is 9.47 Å². The Bertz CT molecular complexity index is 168. The Labute approximate surface area is 99.5 Å². The van der Waals surface area contributed by atoms with Crippen LogP contribution in [0.25, 0.3) is 0 Å². The van der Waals surface area contributed by atoms with Gasteiger partial charge < -0.3 is 9.47 Å². The number of unbranched alkanes of at least 4 members (excludes halogenated alkanes) is 2. The maximum atomic E-state index is 12.1. The highest BCUT2D eigenvalue weighted by Crippen LogP contribution is 2.19. The summed E-state index contributed by atoms with van der Waals surface area (Å²) in [6.45, 7) is 4.29. The minimum absolute atomic E-state index is 0.102. The Kier molecular flexibility index (Phi) is 9.54. The Morgan fingerprint density at radius 1 is 1.00 bits per heavy atom. The van der Waals surface area contributed by atoms with Gasteiger partial charge in [-0.25, -0.2) is 0 Å². The van der Waals surface area contributed by atoms with Crippen molar-refractivity contribution in [1.82, 2.24) is 0 Å². The fraction of sp³-hybridized carbons (Fsp3) is 0.923. The van der Waals surface area contributed by atoms with E-state index in [0.29, 0.717) is 0 Å². The first-order valence-electron chi connectivity index (χ1n) is 6.30. The van der Waals surface area contributed by atoms with Gasteiger partial charge in [-0.3, -0.25) is 4.79 Å². The Morgan fingerprint density at radius 2 is 1.44 bits per heavy atom. The smallest absolute Gasteiger partial charge is 0.217 e. The monoisotopic (exact) mass is 230 g/mol. The van der Waals surface area contributed by atoms with Gasteiger partial charge in [0.15, 0.2) is 5.78 Å². The van der Waals surface area contributed by atoms with Gasteiger partial charge in [-0.1, -0.05) is 39.5 Å². The van der Waals surface area contributed by atoms with Gasteiger partial charge >= 0.3 is 0 Å². The lowest BCUT2D eigenvalue weighted by atomic mass is 9.91. The van der Waals surface area contributed by atoms with Crippen molar-refractivity contribution in [1.29, 1.82) is 0 Å². The van der Waals surface area contributed by atoms with Crippen LogP contribution in [-0.2, 0) is 14.3 Å². The standard InChI is InChI=1S/C13H26O3/c1-5-7-9-11(10-8-6-2)12(14)13(15-3)16-4/h11,13H,5-10H2,1-4H3. The molecule has 16 heavy (non-hydrogen) atoms. The van der Waals surface area contributed by atoms with Gasteiger partial charge in [-0.2, -0.15) is 0 Å². The number of hydrogen-bond donors (Lipinski definition) is 0. The first kappa shape index (κ1) is 15.6. The summed E-state index contributed by atoms with van der Waals surface area (Å²) in [5, 5.41) is 0. The molecule has 0 heterocycles. The summed E-state index contributed by atoms with van der Waals surface area (Å²) in [5.41, 5.74) is 0. The van der Waals surface area contributed by atoms with E-state index in [9.17, 15) is 4.79 Å². The second-order valence-electron chi connectivity index (χ2n) is 4.19. The molecule has 96 valence electrons. The predicted molar refractivity (Wildman–Crippen MR) is 65.4 cm³/mol. The molecule has 0 aromatic carbocycles. The minimum Gasteiger partial charge on any atom is -0.349 e. The molecule has 0 bridgehead atoms. The molecular weight excluding hydrogens is 204 g/mol. The van der Waals surface area contributed by atoms with E-state index in [2.05, 4.69) is 13.8 Å². The first-order valence-corrected chi connectivity index (χ1v) is 6.30. The fourth-order valence-electron chi connectivity index (χ4n) is 1.85. The molecule has 0 N–H and O–H groups in total. The van der Waals surface area contributed by atoms with Crippen LogP contribution in [0, 0.1) is 5.92 Å². The molecule has 0 unspecified atom stereocenters. The number of ketones is 1. The summed E-state index contributed by atoms with van der Waals surface area (Å²) >= 11 is 0. The molecule has 0 saturated carbocycles. The van der Waals surface area contributed by atoms with E-state index in [0.717, 1.165) is 38.5 Å². The molecule has 3 heteroatoms. The van der Waals surface area contributed by atoms with Crippen LogP contribution in [0.2, 0.25) is 0 Å². The zero-order valence-corrected chi connectivity index (χ0v) is 11.1. The highest BCUT2D eigenvalue weighted by molar-refractivity contribution is 5.84. The van der Waals surface area contributed by atoms with Crippen LogP contribution in [0.4, 0.5) is 0 Å². The summed E-state index contributed by atoms with van der Waals surface area (Å²) in [6.07, 6.45) is 5.68. The molecule has 0 atom stereocenters. The van der Waals surface area contributed by atoms with Crippen molar-refractivity contribution >= 4 is 5.78 Å². The number of methoxy groups -OCH3 is 2. The molecular formula is C13H26O3. The number of Topliss-reactive ketones (excluding diaryl/α,β-unsaturated/α-hetero) is 1. The maximum absolute atomic E-state index is 12.1. The summed E-state index contributed by atoms with van der Waals surface area (Å²) in [5.74, 6) is 0.205. The molecule has 3 nitrogen and oxygen atoms in total. The van der Waals surface area contributed by atoms with Crippen LogP contribution in [-0.4, -0.2) is 26.3 Å². The van der Waals surface area contributed by atoms with E-state index in [1.165, 1.54) is 14.2 Å². The van der Waals surface area contributed by atoms with Gasteiger partial charge in [0.1, 0.15) is 0 Å². The maximum Gasteiger partial charge on any atom is 0.217 e. The molecule has 0 aliphatic carbocycles. The van der Waals surface area contributed by atoms with Crippen molar-refractivity contribution in [2.75, 3.05) is 14.2 Å². The molecule has 0 aromatic heterocycles. The highest BCUT2D eigenvalue weighted by atomic mass is 16.7. The largest absolute Gasteiger partial charge is 0.349 e. The van der Waals surface area contributed by atoms with Gasteiger partial charge in [-0.15, -0.1) is 0 Å². The molecule has 0 fully saturated rings. The summed E-state index contributed by atoms with van der Waals surface area (Å²) in [4.78, 5) is 12.1. The van der Waals surface area contributed by atoms with Crippen LogP contribution in [0.15, 0.2) is 0 Å². The average Bonchev–Trinajstić information content (AvgIpc) is 2.30. The first-order chi connectivity index (χ1) is 7.71. The van der Waals surface area contributed by atoms with Crippen LogP contribution < -0.4 is 0 Å². The number of carbonyl (C=O) groups is 1. The van der Waals surface area contributed by atoms with Crippen LogP contribution >= 0.6 is 0 Å². The minimum atomic E-state index is -0.682. The number of ether oxygens (including phenoxy) is 2. The second-order valence-corrected chi connectivity index (χ2v) is 4.19. The molecule has 0 saturated heterocycles. The van der Waals surface area contributed by atoms with E-state index in [1.54, 1.807) is 0 Å². The second kappa shape index (κ2) is 9.79. The summed E-state index contributed by atoms with van der Waals surface area (Å²) < 4.78 is 10.1. The van der Waals surface area contributed by atoms with Crippen LogP contribution in [0.3, 0.4) is 0 Å². The average molecular weight is 230 g/mol.